The molecule has 0 aliphatic heterocycles. The Kier molecular flexibility index (Phi) is 3.99. The molecule has 0 radical (unpaired) electrons. The van der Waals surface area contributed by atoms with Crippen LogP contribution in [0.3, 0.4) is 0 Å². The first-order chi connectivity index (χ1) is 10.1. The Hall–Kier alpha value is -1.40. The fourth-order valence-corrected chi connectivity index (χ4v) is 3.87. The van der Waals surface area contributed by atoms with Crippen LogP contribution in [0.5, 0.6) is 0 Å². The summed E-state index contributed by atoms with van der Waals surface area (Å²) in [4.78, 5) is 1.20. The summed E-state index contributed by atoms with van der Waals surface area (Å²) in [6.45, 7) is 1.91. The molecule has 0 aliphatic rings. The highest BCUT2D eigenvalue weighted by Gasteiger charge is 2.19. The van der Waals surface area contributed by atoms with E-state index in [1.165, 1.54) is 15.0 Å². The lowest BCUT2D eigenvalue weighted by Crippen LogP contribution is -2.29. The Morgan fingerprint density at radius 1 is 1.43 bits per heavy atom. The molecule has 0 saturated carbocycles. The van der Waals surface area contributed by atoms with E-state index < -0.39 is 0 Å². The van der Waals surface area contributed by atoms with Crippen molar-refractivity contribution in [3.8, 4) is 0 Å². The molecule has 0 saturated heterocycles. The van der Waals surface area contributed by atoms with Crippen LogP contribution in [0, 0.1) is 6.92 Å². The van der Waals surface area contributed by atoms with Gasteiger partial charge in [-0.3, -0.25) is 16.0 Å². The second-order valence-electron chi connectivity index (χ2n) is 5.08. The largest absolute Gasteiger partial charge is 0.271 e. The van der Waals surface area contributed by atoms with Gasteiger partial charge in [0.15, 0.2) is 0 Å². The summed E-state index contributed by atoms with van der Waals surface area (Å²) < 4.78 is 3.09. The molecule has 21 heavy (non-hydrogen) atoms. The molecule has 3 aromatic rings. The molecule has 0 amide bonds. The molecule has 3 rings (SSSR count). The molecule has 4 nitrogen and oxygen atoms in total. The Morgan fingerprint density at radius 2 is 2.19 bits per heavy atom. The van der Waals surface area contributed by atoms with Gasteiger partial charge in [0.1, 0.15) is 0 Å². The van der Waals surface area contributed by atoms with E-state index >= 15 is 0 Å². The Bertz CT molecular complexity index is 744. The van der Waals surface area contributed by atoms with E-state index in [0.29, 0.717) is 6.42 Å². The van der Waals surface area contributed by atoms with Crippen LogP contribution in [0.4, 0.5) is 0 Å². The van der Waals surface area contributed by atoms with Crippen molar-refractivity contribution in [2.75, 3.05) is 0 Å². The van der Waals surface area contributed by atoms with Crippen molar-refractivity contribution in [1.82, 2.24) is 15.2 Å². The highest BCUT2D eigenvalue weighted by atomic mass is 35.5. The van der Waals surface area contributed by atoms with Gasteiger partial charge in [0.2, 0.25) is 0 Å². The zero-order chi connectivity index (χ0) is 15.0. The molecule has 0 bridgehead atoms. The van der Waals surface area contributed by atoms with Crippen LogP contribution in [0.15, 0.2) is 30.3 Å². The number of nitrogens with one attached hydrogen (secondary N) is 1. The van der Waals surface area contributed by atoms with Gasteiger partial charge < -0.3 is 0 Å². The third-order valence-electron chi connectivity index (χ3n) is 3.65. The molecule has 0 spiro atoms. The van der Waals surface area contributed by atoms with Crippen LogP contribution < -0.4 is 11.3 Å². The third kappa shape index (κ3) is 2.70. The van der Waals surface area contributed by atoms with Gasteiger partial charge in [-0.05, 0) is 24.4 Å². The number of fused-ring (bicyclic) bond motifs is 1. The highest BCUT2D eigenvalue weighted by molar-refractivity contribution is 7.19. The molecule has 0 fully saturated rings. The minimum atomic E-state index is 0.0229. The number of aromatic nitrogens is 2. The zero-order valence-corrected chi connectivity index (χ0v) is 13.5. The number of nitrogens with two attached hydrogens (primary N) is 1. The molecule has 0 aliphatic carbocycles. The number of thiophene rings is 1. The molecule has 2 aromatic heterocycles. The minimum Gasteiger partial charge on any atom is -0.271 e. The lowest BCUT2D eigenvalue weighted by Gasteiger charge is -2.14. The maximum absolute atomic E-state index is 6.33. The van der Waals surface area contributed by atoms with Crippen LogP contribution in [-0.4, -0.2) is 9.78 Å². The molecule has 1 unspecified atom stereocenters. The fraction of sp³-hybridized carbons (Fsp3) is 0.267. The standard InChI is InChI=1S/C15H17ClN4S/c1-9-15(16)12(20(2)19-9)8-11(18-17)14-7-10-5-3-4-6-13(10)21-14/h3-7,11,18H,8,17H2,1-2H3. The van der Waals surface area contributed by atoms with Crippen molar-refractivity contribution in [3.63, 3.8) is 0 Å². The summed E-state index contributed by atoms with van der Waals surface area (Å²) in [6, 6.07) is 10.5. The van der Waals surface area contributed by atoms with Gasteiger partial charge in [0, 0.05) is 23.0 Å². The number of rotatable bonds is 4. The molecule has 3 N–H and O–H groups in total. The second kappa shape index (κ2) is 5.77. The number of hydrazine groups is 1. The molecular formula is C15H17ClN4S. The van der Waals surface area contributed by atoms with Crippen molar-refractivity contribution in [2.45, 2.75) is 19.4 Å². The van der Waals surface area contributed by atoms with Crippen molar-refractivity contribution in [3.05, 3.63) is 51.6 Å². The first-order valence-corrected chi connectivity index (χ1v) is 7.92. The predicted octanol–water partition coefficient (Wildman–Crippen LogP) is 3.34. The van der Waals surface area contributed by atoms with E-state index in [1.807, 2.05) is 24.7 Å². The lowest BCUT2D eigenvalue weighted by molar-refractivity contribution is 0.537. The van der Waals surface area contributed by atoms with E-state index in [9.17, 15) is 0 Å². The van der Waals surface area contributed by atoms with Crippen LogP contribution in [-0.2, 0) is 13.5 Å². The number of benzene rings is 1. The number of halogens is 1. The van der Waals surface area contributed by atoms with Crippen LogP contribution in [0.25, 0.3) is 10.1 Å². The van der Waals surface area contributed by atoms with Gasteiger partial charge in [0.25, 0.3) is 0 Å². The Balaban J connectivity index is 1.94. The SMILES string of the molecule is Cc1nn(C)c(CC(NN)c2cc3ccccc3s2)c1Cl. The van der Waals surface area contributed by atoms with Gasteiger partial charge in [-0.1, -0.05) is 29.8 Å². The van der Waals surface area contributed by atoms with Crippen LogP contribution in [0.2, 0.25) is 5.02 Å². The predicted molar refractivity (Wildman–Crippen MR) is 88.5 cm³/mol. The lowest BCUT2D eigenvalue weighted by atomic mass is 10.1. The summed E-state index contributed by atoms with van der Waals surface area (Å²) in [5.41, 5.74) is 4.75. The average Bonchev–Trinajstić information content (AvgIpc) is 3.00. The van der Waals surface area contributed by atoms with E-state index in [2.05, 4.69) is 34.8 Å². The molecule has 1 aromatic carbocycles. The zero-order valence-electron chi connectivity index (χ0n) is 11.9. The maximum atomic E-state index is 6.33. The first-order valence-electron chi connectivity index (χ1n) is 6.72. The quantitative estimate of drug-likeness (QED) is 0.572. The molecule has 6 heteroatoms. The van der Waals surface area contributed by atoms with Gasteiger partial charge in [-0.2, -0.15) is 5.10 Å². The highest BCUT2D eigenvalue weighted by Crippen LogP contribution is 2.32. The number of aryl methyl sites for hydroxylation is 2. The summed E-state index contributed by atoms with van der Waals surface area (Å²) in [5, 5.41) is 6.32. The summed E-state index contributed by atoms with van der Waals surface area (Å²) in [5.74, 6) is 5.77. The first kappa shape index (κ1) is 14.5. The van der Waals surface area contributed by atoms with Crippen molar-refractivity contribution >= 4 is 33.0 Å². The van der Waals surface area contributed by atoms with Crippen molar-refractivity contribution in [1.29, 1.82) is 0 Å². The Morgan fingerprint density at radius 3 is 2.81 bits per heavy atom. The normalized spacial score (nSPS) is 13.0. The van der Waals surface area contributed by atoms with Crippen molar-refractivity contribution in [2.24, 2.45) is 12.9 Å². The van der Waals surface area contributed by atoms with Crippen molar-refractivity contribution < 1.29 is 0 Å². The van der Waals surface area contributed by atoms with Gasteiger partial charge in [0.05, 0.1) is 22.5 Å². The molecule has 2 heterocycles. The van der Waals surface area contributed by atoms with E-state index in [1.54, 1.807) is 11.3 Å². The molecule has 1 atom stereocenters. The Labute approximate surface area is 132 Å². The van der Waals surface area contributed by atoms with Gasteiger partial charge >= 0.3 is 0 Å². The second-order valence-corrected chi connectivity index (χ2v) is 6.57. The summed E-state index contributed by atoms with van der Waals surface area (Å²) in [6.07, 6.45) is 0.708. The number of hydrogen-bond acceptors (Lipinski definition) is 4. The topological polar surface area (TPSA) is 55.9 Å². The number of hydrogen-bond donors (Lipinski definition) is 2. The maximum Gasteiger partial charge on any atom is 0.0847 e. The molecule has 110 valence electrons. The minimum absolute atomic E-state index is 0.0229. The monoisotopic (exact) mass is 320 g/mol. The van der Waals surface area contributed by atoms with E-state index in [4.69, 9.17) is 17.4 Å². The van der Waals surface area contributed by atoms with Gasteiger partial charge in [-0.25, -0.2) is 0 Å². The fourth-order valence-electron chi connectivity index (χ4n) is 2.51. The van der Waals surface area contributed by atoms with Crippen LogP contribution in [0.1, 0.15) is 22.3 Å². The van der Waals surface area contributed by atoms with E-state index in [-0.39, 0.29) is 6.04 Å². The average molecular weight is 321 g/mol. The summed E-state index contributed by atoms with van der Waals surface area (Å²) >= 11 is 8.09. The van der Waals surface area contributed by atoms with E-state index in [0.717, 1.165) is 16.4 Å². The number of nitrogens with zero attached hydrogens (tertiary/aromatic N) is 2. The summed E-state index contributed by atoms with van der Waals surface area (Å²) in [7, 11) is 1.91. The smallest absolute Gasteiger partial charge is 0.0847 e. The third-order valence-corrected chi connectivity index (χ3v) is 5.37. The molecular weight excluding hydrogens is 304 g/mol. The van der Waals surface area contributed by atoms with Crippen LogP contribution >= 0.6 is 22.9 Å². The van der Waals surface area contributed by atoms with Gasteiger partial charge in [-0.15, -0.1) is 11.3 Å².